The Kier molecular flexibility index (Phi) is 6.83. The molecule has 6 nitrogen and oxygen atoms in total. The SMILES string of the molecule is Cc1nc([C@@H]2CCCN(C(=O)CCCCCN)C2)cc(N2CCCC2)n1. The van der Waals surface area contributed by atoms with Crippen LogP contribution < -0.4 is 10.6 Å². The quantitative estimate of drug-likeness (QED) is 0.758. The van der Waals surface area contributed by atoms with Crippen LogP contribution in [0.1, 0.15) is 68.8 Å². The first-order valence-corrected chi connectivity index (χ1v) is 10.3. The zero-order chi connectivity index (χ0) is 18.4. The van der Waals surface area contributed by atoms with Crippen molar-refractivity contribution in [1.82, 2.24) is 14.9 Å². The molecule has 0 aliphatic carbocycles. The molecule has 1 atom stereocenters. The first kappa shape index (κ1) is 19.1. The van der Waals surface area contributed by atoms with Crippen molar-refractivity contribution in [2.24, 2.45) is 5.73 Å². The molecule has 0 unspecified atom stereocenters. The lowest BCUT2D eigenvalue weighted by Gasteiger charge is -2.33. The largest absolute Gasteiger partial charge is 0.357 e. The molecule has 0 spiro atoms. The Morgan fingerprint density at radius 1 is 1.15 bits per heavy atom. The van der Waals surface area contributed by atoms with E-state index in [4.69, 9.17) is 10.7 Å². The number of piperidine rings is 1. The van der Waals surface area contributed by atoms with Crippen LogP contribution in [-0.4, -0.2) is 53.5 Å². The Morgan fingerprint density at radius 3 is 2.73 bits per heavy atom. The summed E-state index contributed by atoms with van der Waals surface area (Å²) in [4.78, 5) is 26.3. The fourth-order valence-electron chi connectivity index (χ4n) is 4.09. The summed E-state index contributed by atoms with van der Waals surface area (Å²) in [6, 6.07) is 2.16. The van der Waals surface area contributed by atoms with E-state index >= 15 is 0 Å². The van der Waals surface area contributed by atoms with Gasteiger partial charge in [0.15, 0.2) is 0 Å². The lowest BCUT2D eigenvalue weighted by molar-refractivity contribution is -0.132. The van der Waals surface area contributed by atoms with Crippen molar-refractivity contribution in [2.45, 2.75) is 64.2 Å². The Hall–Kier alpha value is -1.69. The van der Waals surface area contributed by atoms with Crippen LogP contribution in [0.15, 0.2) is 6.07 Å². The van der Waals surface area contributed by atoms with Crippen LogP contribution in [0.2, 0.25) is 0 Å². The molecule has 144 valence electrons. The highest BCUT2D eigenvalue weighted by Crippen LogP contribution is 2.29. The van der Waals surface area contributed by atoms with Gasteiger partial charge < -0.3 is 15.5 Å². The molecule has 26 heavy (non-hydrogen) atoms. The number of hydrogen-bond donors (Lipinski definition) is 1. The zero-order valence-electron chi connectivity index (χ0n) is 16.1. The molecular formula is C20H33N5O. The second-order valence-corrected chi connectivity index (χ2v) is 7.67. The number of rotatable bonds is 7. The van der Waals surface area contributed by atoms with E-state index in [0.717, 1.165) is 75.6 Å². The molecule has 2 saturated heterocycles. The molecule has 2 aliphatic heterocycles. The van der Waals surface area contributed by atoms with Gasteiger partial charge in [-0.1, -0.05) is 6.42 Å². The van der Waals surface area contributed by atoms with E-state index in [2.05, 4.69) is 16.0 Å². The molecular weight excluding hydrogens is 326 g/mol. The summed E-state index contributed by atoms with van der Waals surface area (Å²) in [5.74, 6) is 2.53. The second kappa shape index (κ2) is 9.31. The van der Waals surface area contributed by atoms with Gasteiger partial charge in [-0.25, -0.2) is 9.97 Å². The number of carbonyl (C=O) groups is 1. The number of aromatic nitrogens is 2. The van der Waals surface area contributed by atoms with Crippen LogP contribution in [0.5, 0.6) is 0 Å². The minimum Gasteiger partial charge on any atom is -0.357 e. The van der Waals surface area contributed by atoms with Gasteiger partial charge in [-0.15, -0.1) is 0 Å². The topological polar surface area (TPSA) is 75.3 Å². The van der Waals surface area contributed by atoms with Crippen molar-refractivity contribution in [3.8, 4) is 0 Å². The minimum atomic E-state index is 0.289. The van der Waals surface area contributed by atoms with Gasteiger partial charge in [-0.2, -0.15) is 0 Å². The number of nitrogens with zero attached hydrogens (tertiary/aromatic N) is 4. The van der Waals surface area contributed by atoms with Gasteiger partial charge in [0.25, 0.3) is 0 Å². The summed E-state index contributed by atoms with van der Waals surface area (Å²) in [5, 5.41) is 0. The van der Waals surface area contributed by atoms with Gasteiger partial charge in [-0.05, 0) is 52.0 Å². The molecule has 2 N–H and O–H groups in total. The summed E-state index contributed by atoms with van der Waals surface area (Å²) in [7, 11) is 0. The van der Waals surface area contributed by atoms with Crippen LogP contribution in [0.3, 0.4) is 0 Å². The lowest BCUT2D eigenvalue weighted by Crippen LogP contribution is -2.39. The van der Waals surface area contributed by atoms with E-state index in [1.807, 2.05) is 11.8 Å². The van der Waals surface area contributed by atoms with Crippen LogP contribution in [0.4, 0.5) is 5.82 Å². The van der Waals surface area contributed by atoms with Gasteiger partial charge in [0.1, 0.15) is 11.6 Å². The molecule has 3 rings (SSSR count). The molecule has 1 amide bonds. The van der Waals surface area contributed by atoms with Crippen molar-refractivity contribution in [2.75, 3.05) is 37.6 Å². The lowest BCUT2D eigenvalue weighted by atomic mass is 9.94. The molecule has 1 aromatic rings. The van der Waals surface area contributed by atoms with Crippen LogP contribution in [0, 0.1) is 6.92 Å². The zero-order valence-corrected chi connectivity index (χ0v) is 16.1. The molecule has 1 aromatic heterocycles. The molecule has 2 fully saturated rings. The van der Waals surface area contributed by atoms with Crippen LogP contribution >= 0.6 is 0 Å². The number of likely N-dealkylation sites (tertiary alicyclic amines) is 1. The molecule has 0 saturated carbocycles. The van der Waals surface area contributed by atoms with Crippen molar-refractivity contribution >= 4 is 11.7 Å². The molecule has 2 aliphatic rings. The first-order chi connectivity index (χ1) is 12.7. The number of hydrogen-bond acceptors (Lipinski definition) is 5. The highest BCUT2D eigenvalue weighted by molar-refractivity contribution is 5.76. The average molecular weight is 360 g/mol. The van der Waals surface area contributed by atoms with Crippen molar-refractivity contribution < 1.29 is 4.79 Å². The number of anilines is 1. The highest BCUT2D eigenvalue weighted by Gasteiger charge is 2.26. The van der Waals surface area contributed by atoms with E-state index < -0.39 is 0 Å². The van der Waals surface area contributed by atoms with Crippen LogP contribution in [-0.2, 0) is 4.79 Å². The van der Waals surface area contributed by atoms with Gasteiger partial charge in [0.2, 0.25) is 5.91 Å². The summed E-state index contributed by atoms with van der Waals surface area (Å²) >= 11 is 0. The number of amides is 1. The minimum absolute atomic E-state index is 0.289. The standard InChI is InChI=1S/C20H33N5O/c1-16-22-18(14-19(23-16)24-11-5-6-12-24)17-8-7-13-25(15-17)20(26)9-3-2-4-10-21/h14,17H,2-13,15,21H2,1H3/t17-/m1/s1. The maximum Gasteiger partial charge on any atom is 0.222 e. The summed E-state index contributed by atoms with van der Waals surface area (Å²) in [5.41, 5.74) is 6.64. The monoisotopic (exact) mass is 359 g/mol. The van der Waals surface area contributed by atoms with E-state index in [1.54, 1.807) is 0 Å². The Labute approximate surface area is 157 Å². The third kappa shape index (κ3) is 4.93. The number of aryl methyl sites for hydroxylation is 1. The molecule has 0 radical (unpaired) electrons. The Morgan fingerprint density at radius 2 is 1.96 bits per heavy atom. The fraction of sp³-hybridized carbons (Fsp3) is 0.750. The first-order valence-electron chi connectivity index (χ1n) is 10.3. The van der Waals surface area contributed by atoms with E-state index in [9.17, 15) is 4.79 Å². The number of carbonyl (C=O) groups excluding carboxylic acids is 1. The van der Waals surface area contributed by atoms with E-state index in [0.29, 0.717) is 18.9 Å². The smallest absolute Gasteiger partial charge is 0.222 e. The molecule has 3 heterocycles. The van der Waals surface area contributed by atoms with E-state index in [1.165, 1.54) is 12.8 Å². The van der Waals surface area contributed by atoms with Gasteiger partial charge in [0, 0.05) is 44.6 Å². The van der Waals surface area contributed by atoms with Crippen molar-refractivity contribution in [1.29, 1.82) is 0 Å². The highest BCUT2D eigenvalue weighted by atomic mass is 16.2. The predicted molar refractivity (Wildman–Crippen MR) is 104 cm³/mol. The van der Waals surface area contributed by atoms with Crippen LogP contribution in [0.25, 0.3) is 0 Å². The summed E-state index contributed by atoms with van der Waals surface area (Å²) in [6.07, 6.45) is 8.30. The van der Waals surface area contributed by atoms with Gasteiger partial charge >= 0.3 is 0 Å². The third-order valence-electron chi connectivity index (χ3n) is 5.56. The maximum absolute atomic E-state index is 12.5. The Balaban J connectivity index is 1.62. The van der Waals surface area contributed by atoms with Crippen molar-refractivity contribution in [3.05, 3.63) is 17.6 Å². The second-order valence-electron chi connectivity index (χ2n) is 7.67. The summed E-state index contributed by atoms with van der Waals surface area (Å²) in [6.45, 7) is 6.56. The average Bonchev–Trinajstić information content (AvgIpc) is 3.19. The summed E-state index contributed by atoms with van der Waals surface area (Å²) < 4.78 is 0. The van der Waals surface area contributed by atoms with Gasteiger partial charge in [0.05, 0.1) is 5.69 Å². The normalized spacial score (nSPS) is 20.6. The van der Waals surface area contributed by atoms with E-state index in [-0.39, 0.29) is 5.91 Å². The molecule has 6 heteroatoms. The fourth-order valence-corrected chi connectivity index (χ4v) is 4.09. The maximum atomic E-state index is 12.5. The predicted octanol–water partition coefficient (Wildman–Crippen LogP) is 2.61. The third-order valence-corrected chi connectivity index (χ3v) is 5.56. The number of unbranched alkanes of at least 4 members (excludes halogenated alkanes) is 2. The Bertz CT molecular complexity index is 600. The van der Waals surface area contributed by atoms with Gasteiger partial charge in [-0.3, -0.25) is 4.79 Å². The number of nitrogens with two attached hydrogens (primary N) is 1. The molecule has 0 bridgehead atoms. The van der Waals surface area contributed by atoms with Crippen molar-refractivity contribution in [3.63, 3.8) is 0 Å². The molecule has 0 aromatic carbocycles.